The Balaban J connectivity index is 2.05. The standard InChI is InChI=1S/C18H19N3O3S/c1-4-23-17(22)13(3)25-18-20-19-16(15-10-7-11-24-15)21(18)14-9-6-5-8-12(14)2/h5-11,13H,4H2,1-3H3/t13-/m1/s1. The van der Waals surface area contributed by atoms with E-state index >= 15 is 0 Å². The zero-order chi connectivity index (χ0) is 17.8. The zero-order valence-electron chi connectivity index (χ0n) is 14.3. The third-order valence-corrected chi connectivity index (χ3v) is 4.65. The Labute approximate surface area is 150 Å². The van der Waals surface area contributed by atoms with E-state index in [1.165, 1.54) is 11.8 Å². The summed E-state index contributed by atoms with van der Waals surface area (Å²) >= 11 is 1.31. The Hall–Kier alpha value is -2.54. The van der Waals surface area contributed by atoms with E-state index in [-0.39, 0.29) is 5.97 Å². The van der Waals surface area contributed by atoms with Crippen LogP contribution in [-0.4, -0.2) is 32.6 Å². The molecule has 0 saturated heterocycles. The number of benzene rings is 1. The number of esters is 1. The summed E-state index contributed by atoms with van der Waals surface area (Å²) < 4.78 is 12.5. The van der Waals surface area contributed by atoms with E-state index < -0.39 is 5.25 Å². The van der Waals surface area contributed by atoms with Crippen molar-refractivity contribution in [2.45, 2.75) is 31.2 Å². The maximum absolute atomic E-state index is 12.0. The van der Waals surface area contributed by atoms with E-state index in [0.29, 0.717) is 23.3 Å². The van der Waals surface area contributed by atoms with Crippen LogP contribution in [0.25, 0.3) is 17.3 Å². The van der Waals surface area contributed by atoms with E-state index in [2.05, 4.69) is 10.2 Å². The molecule has 0 bridgehead atoms. The molecule has 3 aromatic rings. The van der Waals surface area contributed by atoms with E-state index in [9.17, 15) is 4.79 Å². The van der Waals surface area contributed by atoms with E-state index in [1.807, 2.05) is 41.8 Å². The second-order valence-electron chi connectivity index (χ2n) is 5.42. The largest absolute Gasteiger partial charge is 0.465 e. The summed E-state index contributed by atoms with van der Waals surface area (Å²) in [6.07, 6.45) is 1.60. The molecule has 2 heterocycles. The van der Waals surface area contributed by atoms with Crippen molar-refractivity contribution in [2.75, 3.05) is 6.61 Å². The van der Waals surface area contributed by atoms with Crippen molar-refractivity contribution in [3.05, 3.63) is 48.2 Å². The molecule has 25 heavy (non-hydrogen) atoms. The van der Waals surface area contributed by atoms with Crippen LogP contribution in [0.4, 0.5) is 0 Å². The van der Waals surface area contributed by atoms with Crippen molar-refractivity contribution in [1.82, 2.24) is 14.8 Å². The van der Waals surface area contributed by atoms with Gasteiger partial charge < -0.3 is 9.15 Å². The number of thioether (sulfide) groups is 1. The predicted octanol–water partition coefficient (Wildman–Crippen LogP) is 3.88. The molecular weight excluding hydrogens is 338 g/mol. The van der Waals surface area contributed by atoms with Gasteiger partial charge in [-0.25, -0.2) is 0 Å². The highest BCUT2D eigenvalue weighted by Crippen LogP contribution is 2.31. The molecule has 3 rings (SSSR count). The van der Waals surface area contributed by atoms with Gasteiger partial charge in [0.15, 0.2) is 10.9 Å². The van der Waals surface area contributed by atoms with Gasteiger partial charge in [-0.2, -0.15) is 0 Å². The number of aromatic nitrogens is 3. The van der Waals surface area contributed by atoms with Gasteiger partial charge in [-0.05, 0) is 44.5 Å². The zero-order valence-corrected chi connectivity index (χ0v) is 15.1. The first-order chi connectivity index (χ1) is 12.1. The molecule has 0 spiro atoms. The van der Waals surface area contributed by atoms with Gasteiger partial charge in [0.1, 0.15) is 5.25 Å². The summed E-state index contributed by atoms with van der Waals surface area (Å²) in [5.41, 5.74) is 2.01. The summed E-state index contributed by atoms with van der Waals surface area (Å²) in [5, 5.41) is 8.78. The van der Waals surface area contributed by atoms with Crippen LogP contribution < -0.4 is 0 Å². The fourth-order valence-corrected chi connectivity index (χ4v) is 3.27. The number of nitrogens with zero attached hydrogens (tertiary/aromatic N) is 3. The number of furan rings is 1. The number of hydrogen-bond donors (Lipinski definition) is 0. The SMILES string of the molecule is CCOC(=O)[C@@H](C)Sc1nnc(-c2ccco2)n1-c1ccccc1C. The summed E-state index contributed by atoms with van der Waals surface area (Å²) in [5.74, 6) is 0.940. The summed E-state index contributed by atoms with van der Waals surface area (Å²) in [7, 11) is 0. The van der Waals surface area contributed by atoms with Crippen LogP contribution in [0.3, 0.4) is 0 Å². The van der Waals surface area contributed by atoms with Crippen molar-refractivity contribution in [3.8, 4) is 17.3 Å². The molecule has 1 aromatic carbocycles. The molecule has 0 fully saturated rings. The molecule has 0 unspecified atom stereocenters. The Morgan fingerprint density at radius 2 is 2.08 bits per heavy atom. The number of para-hydroxylation sites is 1. The summed E-state index contributed by atoms with van der Waals surface area (Å²) in [6, 6.07) is 11.6. The number of carbonyl (C=O) groups excluding carboxylic acids is 1. The first-order valence-corrected chi connectivity index (χ1v) is 8.88. The number of rotatable bonds is 6. The van der Waals surface area contributed by atoms with E-state index in [0.717, 1.165) is 11.3 Å². The average Bonchev–Trinajstić information content (AvgIpc) is 3.25. The van der Waals surface area contributed by atoms with Crippen LogP contribution in [0, 0.1) is 6.92 Å². The molecule has 0 aliphatic heterocycles. The van der Waals surface area contributed by atoms with Crippen LogP contribution in [0.1, 0.15) is 19.4 Å². The first-order valence-electron chi connectivity index (χ1n) is 8.00. The number of ether oxygens (including phenoxy) is 1. The molecule has 0 aliphatic rings. The highest BCUT2D eigenvalue weighted by molar-refractivity contribution is 8.00. The van der Waals surface area contributed by atoms with Gasteiger partial charge in [0.25, 0.3) is 0 Å². The molecule has 130 valence electrons. The maximum Gasteiger partial charge on any atom is 0.319 e. The Morgan fingerprint density at radius 1 is 1.28 bits per heavy atom. The predicted molar refractivity (Wildman–Crippen MR) is 95.8 cm³/mol. The average molecular weight is 357 g/mol. The quantitative estimate of drug-likeness (QED) is 0.492. The molecular formula is C18H19N3O3S. The Kier molecular flexibility index (Phi) is 5.23. The van der Waals surface area contributed by atoms with E-state index in [4.69, 9.17) is 9.15 Å². The first kappa shape index (κ1) is 17.3. The number of aryl methyl sites for hydroxylation is 1. The second kappa shape index (κ2) is 7.57. The molecule has 2 aromatic heterocycles. The van der Waals surface area contributed by atoms with Crippen LogP contribution in [0.15, 0.2) is 52.2 Å². The van der Waals surface area contributed by atoms with Crippen LogP contribution in [0.5, 0.6) is 0 Å². The van der Waals surface area contributed by atoms with Crippen molar-refractivity contribution in [2.24, 2.45) is 0 Å². The van der Waals surface area contributed by atoms with Crippen molar-refractivity contribution >= 4 is 17.7 Å². The second-order valence-corrected chi connectivity index (χ2v) is 6.73. The smallest absolute Gasteiger partial charge is 0.319 e. The van der Waals surface area contributed by atoms with Gasteiger partial charge in [-0.15, -0.1) is 10.2 Å². The lowest BCUT2D eigenvalue weighted by Crippen LogP contribution is -2.17. The minimum atomic E-state index is -0.392. The lowest BCUT2D eigenvalue weighted by molar-refractivity contribution is -0.142. The van der Waals surface area contributed by atoms with Crippen molar-refractivity contribution in [3.63, 3.8) is 0 Å². The fourth-order valence-electron chi connectivity index (χ4n) is 2.41. The van der Waals surface area contributed by atoms with Gasteiger partial charge in [0, 0.05) is 0 Å². The molecule has 7 heteroatoms. The van der Waals surface area contributed by atoms with Crippen molar-refractivity contribution in [1.29, 1.82) is 0 Å². The van der Waals surface area contributed by atoms with Crippen LogP contribution >= 0.6 is 11.8 Å². The van der Waals surface area contributed by atoms with Gasteiger partial charge in [0.05, 0.1) is 18.6 Å². The third-order valence-electron chi connectivity index (χ3n) is 3.63. The van der Waals surface area contributed by atoms with E-state index in [1.54, 1.807) is 26.2 Å². The minimum absolute atomic E-state index is 0.272. The van der Waals surface area contributed by atoms with Gasteiger partial charge in [0.2, 0.25) is 5.82 Å². The fraction of sp³-hybridized carbons (Fsp3) is 0.278. The number of hydrogen-bond acceptors (Lipinski definition) is 6. The lowest BCUT2D eigenvalue weighted by atomic mass is 10.2. The molecule has 6 nitrogen and oxygen atoms in total. The lowest BCUT2D eigenvalue weighted by Gasteiger charge is -2.14. The maximum atomic E-state index is 12.0. The monoisotopic (exact) mass is 357 g/mol. The van der Waals surface area contributed by atoms with Gasteiger partial charge >= 0.3 is 5.97 Å². The highest BCUT2D eigenvalue weighted by Gasteiger charge is 2.23. The summed E-state index contributed by atoms with van der Waals surface area (Å²) in [6.45, 7) is 5.96. The Morgan fingerprint density at radius 3 is 2.76 bits per heavy atom. The molecule has 0 amide bonds. The number of carbonyl (C=O) groups is 1. The minimum Gasteiger partial charge on any atom is -0.465 e. The highest BCUT2D eigenvalue weighted by atomic mass is 32.2. The van der Waals surface area contributed by atoms with Crippen LogP contribution in [0.2, 0.25) is 0 Å². The topological polar surface area (TPSA) is 70.2 Å². The molecule has 0 aliphatic carbocycles. The molecule has 0 radical (unpaired) electrons. The molecule has 0 saturated carbocycles. The van der Waals surface area contributed by atoms with Gasteiger partial charge in [-0.1, -0.05) is 30.0 Å². The molecule has 1 atom stereocenters. The van der Waals surface area contributed by atoms with Gasteiger partial charge in [-0.3, -0.25) is 9.36 Å². The Bertz CT molecular complexity index is 858. The molecule has 0 N–H and O–H groups in total. The third kappa shape index (κ3) is 3.61. The normalized spacial score (nSPS) is 12.1. The van der Waals surface area contributed by atoms with Crippen molar-refractivity contribution < 1.29 is 13.9 Å². The summed E-state index contributed by atoms with van der Waals surface area (Å²) in [4.78, 5) is 12.0. The van der Waals surface area contributed by atoms with Crippen LogP contribution in [-0.2, 0) is 9.53 Å².